The summed E-state index contributed by atoms with van der Waals surface area (Å²) < 4.78 is 0. The predicted molar refractivity (Wildman–Crippen MR) is 72.9 cm³/mol. The molecule has 2 aromatic rings. The third kappa shape index (κ3) is 1.97. The van der Waals surface area contributed by atoms with Crippen LogP contribution in [0.15, 0.2) is 36.4 Å². The second-order valence-corrected chi connectivity index (χ2v) is 4.82. The van der Waals surface area contributed by atoms with E-state index in [1.165, 1.54) is 47.9 Å². The Balaban J connectivity index is 2.15. The van der Waals surface area contributed by atoms with Crippen LogP contribution < -0.4 is 0 Å². The first-order chi connectivity index (χ1) is 8.34. The molecule has 0 spiro atoms. The smallest absolute Gasteiger partial charge is 0.0709 e. The molecular weight excluding hydrogens is 206 g/mol. The quantitative estimate of drug-likeness (QED) is 0.693. The zero-order valence-electron chi connectivity index (χ0n) is 10.2. The van der Waals surface area contributed by atoms with Gasteiger partial charge in [0, 0.05) is 5.39 Å². The van der Waals surface area contributed by atoms with Crippen LogP contribution in [0.25, 0.3) is 16.5 Å². The van der Waals surface area contributed by atoms with Crippen molar-refractivity contribution in [1.82, 2.24) is 4.98 Å². The van der Waals surface area contributed by atoms with E-state index in [0.717, 1.165) is 5.52 Å². The van der Waals surface area contributed by atoms with Crippen LogP contribution in [0.5, 0.6) is 0 Å². The lowest BCUT2D eigenvalue weighted by Gasteiger charge is -2.14. The van der Waals surface area contributed by atoms with Gasteiger partial charge in [0.1, 0.15) is 0 Å². The van der Waals surface area contributed by atoms with Crippen LogP contribution in [-0.4, -0.2) is 4.98 Å². The maximum Gasteiger partial charge on any atom is 0.0709 e. The number of allylic oxidation sites excluding steroid dienone is 2. The summed E-state index contributed by atoms with van der Waals surface area (Å²) in [5.74, 6) is 0. The van der Waals surface area contributed by atoms with Gasteiger partial charge in [-0.1, -0.05) is 24.3 Å². The number of benzene rings is 1. The van der Waals surface area contributed by atoms with Gasteiger partial charge in [-0.15, -0.1) is 0 Å². The molecule has 0 aliphatic heterocycles. The predicted octanol–water partition coefficient (Wildman–Crippen LogP) is 4.50. The Labute approximate surface area is 102 Å². The lowest BCUT2D eigenvalue weighted by atomic mass is 9.94. The molecule has 1 aliphatic carbocycles. The molecule has 0 radical (unpaired) electrons. The SMILES string of the molecule is Cc1cc2ccccc2nc1C1=CCCCC1. The van der Waals surface area contributed by atoms with Crippen LogP contribution >= 0.6 is 0 Å². The molecule has 1 aromatic carbocycles. The van der Waals surface area contributed by atoms with Gasteiger partial charge in [-0.3, -0.25) is 0 Å². The summed E-state index contributed by atoms with van der Waals surface area (Å²) in [5.41, 5.74) is 5.07. The number of pyridine rings is 1. The summed E-state index contributed by atoms with van der Waals surface area (Å²) in [6.45, 7) is 2.17. The zero-order chi connectivity index (χ0) is 11.7. The summed E-state index contributed by atoms with van der Waals surface area (Å²) in [4.78, 5) is 4.83. The number of aryl methyl sites for hydroxylation is 1. The molecule has 0 unspecified atom stereocenters. The fourth-order valence-corrected chi connectivity index (χ4v) is 2.60. The number of hydrogen-bond acceptors (Lipinski definition) is 1. The molecule has 1 aromatic heterocycles. The number of aromatic nitrogens is 1. The fraction of sp³-hybridized carbons (Fsp3) is 0.312. The van der Waals surface area contributed by atoms with Crippen molar-refractivity contribution in [3.8, 4) is 0 Å². The molecule has 0 N–H and O–H groups in total. The number of fused-ring (bicyclic) bond motifs is 1. The van der Waals surface area contributed by atoms with Gasteiger partial charge in [0.05, 0.1) is 11.2 Å². The van der Waals surface area contributed by atoms with Crippen LogP contribution in [0.2, 0.25) is 0 Å². The van der Waals surface area contributed by atoms with Crippen molar-refractivity contribution in [2.75, 3.05) is 0 Å². The third-order valence-corrected chi connectivity index (χ3v) is 3.51. The summed E-state index contributed by atoms with van der Waals surface area (Å²) >= 11 is 0. The van der Waals surface area contributed by atoms with Gasteiger partial charge in [0.15, 0.2) is 0 Å². The summed E-state index contributed by atoms with van der Waals surface area (Å²) in [6, 6.07) is 10.6. The maximum absolute atomic E-state index is 4.83. The molecule has 1 nitrogen and oxygen atoms in total. The van der Waals surface area contributed by atoms with E-state index in [9.17, 15) is 0 Å². The van der Waals surface area contributed by atoms with E-state index in [1.807, 2.05) is 0 Å². The first-order valence-electron chi connectivity index (χ1n) is 6.40. The van der Waals surface area contributed by atoms with Crippen molar-refractivity contribution in [2.45, 2.75) is 32.6 Å². The normalized spacial score (nSPS) is 15.9. The van der Waals surface area contributed by atoms with Gasteiger partial charge in [0.2, 0.25) is 0 Å². The molecule has 17 heavy (non-hydrogen) atoms. The van der Waals surface area contributed by atoms with E-state index in [4.69, 9.17) is 4.98 Å². The Morgan fingerprint density at radius 3 is 2.82 bits per heavy atom. The maximum atomic E-state index is 4.83. The Morgan fingerprint density at radius 2 is 2.00 bits per heavy atom. The van der Waals surface area contributed by atoms with Crippen molar-refractivity contribution in [3.05, 3.63) is 47.7 Å². The average molecular weight is 223 g/mol. The molecule has 0 amide bonds. The summed E-state index contributed by atoms with van der Waals surface area (Å²) in [6.07, 6.45) is 7.40. The topological polar surface area (TPSA) is 12.9 Å². The molecule has 0 atom stereocenters. The second-order valence-electron chi connectivity index (χ2n) is 4.82. The van der Waals surface area contributed by atoms with Crippen molar-refractivity contribution in [3.63, 3.8) is 0 Å². The number of hydrogen-bond donors (Lipinski definition) is 0. The summed E-state index contributed by atoms with van der Waals surface area (Å²) in [5, 5.41) is 1.24. The fourth-order valence-electron chi connectivity index (χ4n) is 2.60. The minimum atomic E-state index is 1.11. The summed E-state index contributed by atoms with van der Waals surface area (Å²) in [7, 11) is 0. The highest BCUT2D eigenvalue weighted by atomic mass is 14.7. The van der Waals surface area contributed by atoms with Gasteiger partial charge in [-0.05, 0) is 55.9 Å². The van der Waals surface area contributed by atoms with Crippen molar-refractivity contribution < 1.29 is 0 Å². The van der Waals surface area contributed by atoms with Gasteiger partial charge in [-0.25, -0.2) is 4.98 Å². The standard InChI is InChI=1S/C16H17N/c1-12-11-14-9-5-6-10-15(14)17-16(12)13-7-3-2-4-8-13/h5-7,9-11H,2-4,8H2,1H3. The first-order valence-corrected chi connectivity index (χ1v) is 6.40. The van der Waals surface area contributed by atoms with Gasteiger partial charge < -0.3 is 0 Å². The second kappa shape index (κ2) is 4.33. The van der Waals surface area contributed by atoms with E-state index in [0.29, 0.717) is 0 Å². The Hall–Kier alpha value is -1.63. The highest BCUT2D eigenvalue weighted by molar-refractivity contribution is 5.82. The molecule has 1 heteroatoms. The van der Waals surface area contributed by atoms with Gasteiger partial charge in [-0.2, -0.15) is 0 Å². The van der Waals surface area contributed by atoms with Crippen LogP contribution in [0, 0.1) is 6.92 Å². The van der Waals surface area contributed by atoms with Crippen molar-refractivity contribution >= 4 is 16.5 Å². The highest BCUT2D eigenvalue weighted by Crippen LogP contribution is 2.29. The van der Waals surface area contributed by atoms with Crippen molar-refractivity contribution in [1.29, 1.82) is 0 Å². The van der Waals surface area contributed by atoms with Crippen LogP contribution in [-0.2, 0) is 0 Å². The minimum Gasteiger partial charge on any atom is -0.248 e. The molecule has 0 bridgehead atoms. The molecule has 1 heterocycles. The van der Waals surface area contributed by atoms with Crippen LogP contribution in [0.3, 0.4) is 0 Å². The Morgan fingerprint density at radius 1 is 1.12 bits per heavy atom. The van der Waals surface area contributed by atoms with Crippen molar-refractivity contribution in [2.24, 2.45) is 0 Å². The Bertz CT molecular complexity index is 581. The molecule has 0 saturated heterocycles. The van der Waals surface area contributed by atoms with E-state index < -0.39 is 0 Å². The lowest BCUT2D eigenvalue weighted by Crippen LogP contribution is -1.98. The van der Waals surface area contributed by atoms with Crippen LogP contribution in [0.1, 0.15) is 36.9 Å². The Kier molecular flexibility index (Phi) is 2.68. The number of para-hydroxylation sites is 1. The number of rotatable bonds is 1. The van der Waals surface area contributed by atoms with E-state index in [2.05, 4.69) is 43.3 Å². The molecule has 86 valence electrons. The number of nitrogens with zero attached hydrogens (tertiary/aromatic N) is 1. The van der Waals surface area contributed by atoms with Crippen LogP contribution in [0.4, 0.5) is 0 Å². The third-order valence-electron chi connectivity index (χ3n) is 3.51. The van der Waals surface area contributed by atoms with Gasteiger partial charge in [0.25, 0.3) is 0 Å². The van der Waals surface area contributed by atoms with E-state index in [1.54, 1.807) is 0 Å². The molecule has 0 saturated carbocycles. The molecular formula is C16H17N. The molecule has 1 aliphatic rings. The first kappa shape index (κ1) is 10.5. The van der Waals surface area contributed by atoms with E-state index in [-0.39, 0.29) is 0 Å². The van der Waals surface area contributed by atoms with Gasteiger partial charge >= 0.3 is 0 Å². The average Bonchev–Trinajstić information content (AvgIpc) is 2.39. The molecule has 0 fully saturated rings. The minimum absolute atomic E-state index is 1.11. The molecule has 3 rings (SSSR count). The van der Waals surface area contributed by atoms with E-state index >= 15 is 0 Å². The monoisotopic (exact) mass is 223 g/mol. The zero-order valence-corrected chi connectivity index (χ0v) is 10.2. The largest absolute Gasteiger partial charge is 0.248 e. The highest BCUT2D eigenvalue weighted by Gasteiger charge is 2.11. The lowest BCUT2D eigenvalue weighted by molar-refractivity contribution is 0.739.